The largest absolute Gasteiger partial charge is 0.381 e. The Morgan fingerprint density at radius 3 is 2.52 bits per heavy atom. The Hall–Kier alpha value is -2.58. The first kappa shape index (κ1) is 23.1. The molecule has 2 heterocycles. The lowest BCUT2D eigenvalue weighted by Crippen LogP contribution is -2.61. The summed E-state index contributed by atoms with van der Waals surface area (Å²) < 4.78 is 19.6. The summed E-state index contributed by atoms with van der Waals surface area (Å²) >= 11 is 5.58. The van der Waals surface area contributed by atoms with E-state index in [0.717, 1.165) is 10.5 Å². The average Bonchev–Trinajstić information content (AvgIpc) is 2.77. The number of benzene rings is 1. The van der Waals surface area contributed by atoms with Gasteiger partial charge in [0.15, 0.2) is 5.54 Å². The van der Waals surface area contributed by atoms with E-state index < -0.39 is 23.0 Å². The minimum atomic E-state index is -2.33. The van der Waals surface area contributed by atoms with Crippen LogP contribution in [0.1, 0.15) is 31.4 Å². The molecule has 2 aromatic rings. The molecule has 0 spiro atoms. The summed E-state index contributed by atoms with van der Waals surface area (Å²) in [5, 5.41) is 3.03. The second kappa shape index (κ2) is 9.70. The lowest BCUT2D eigenvalue weighted by atomic mass is 9.88. The van der Waals surface area contributed by atoms with Gasteiger partial charge in [0.05, 0.1) is 6.61 Å². The normalized spacial score (nSPS) is 21.6. The predicted octanol–water partition coefficient (Wildman–Crippen LogP) is 3.11. The van der Waals surface area contributed by atoms with Gasteiger partial charge in [-0.2, -0.15) is 0 Å². The standard InChI is InChI=1S/C22H26ClFN4O3/c1-14-4-6-17(7-5-14)28(20(29)19(23)24)22(3,16-10-25-13-26-11-16)21(30)27-18-8-9-31-12-15(18)2/h4-7,10-11,13,15,18-19H,8-9,12H2,1-3H3,(H,27,30)/t15-,18-,19-,22+/m0/s1. The highest BCUT2D eigenvalue weighted by Gasteiger charge is 2.48. The van der Waals surface area contributed by atoms with Crippen molar-refractivity contribution >= 4 is 29.1 Å². The second-order valence-corrected chi connectivity index (χ2v) is 8.31. The van der Waals surface area contributed by atoms with Crippen molar-refractivity contribution in [3.63, 3.8) is 0 Å². The summed E-state index contributed by atoms with van der Waals surface area (Å²) in [5.74, 6) is -1.45. The van der Waals surface area contributed by atoms with Gasteiger partial charge < -0.3 is 10.1 Å². The van der Waals surface area contributed by atoms with E-state index in [1.165, 1.54) is 18.7 Å². The van der Waals surface area contributed by atoms with Crippen LogP contribution in [0.5, 0.6) is 0 Å². The Morgan fingerprint density at radius 1 is 1.29 bits per heavy atom. The van der Waals surface area contributed by atoms with Crippen molar-refractivity contribution in [2.75, 3.05) is 18.1 Å². The Bertz CT molecular complexity index is 913. The molecule has 1 aromatic heterocycles. The Kier molecular flexibility index (Phi) is 7.23. The fourth-order valence-electron chi connectivity index (χ4n) is 3.71. The molecular weight excluding hydrogens is 423 g/mol. The van der Waals surface area contributed by atoms with Gasteiger partial charge in [-0.15, -0.1) is 0 Å². The highest BCUT2D eigenvalue weighted by molar-refractivity contribution is 6.32. The van der Waals surface area contributed by atoms with E-state index in [1.54, 1.807) is 31.2 Å². The first-order valence-electron chi connectivity index (χ1n) is 10.1. The molecule has 0 aliphatic carbocycles. The third kappa shape index (κ3) is 4.85. The molecule has 7 nitrogen and oxygen atoms in total. The van der Waals surface area contributed by atoms with Crippen molar-refractivity contribution in [3.05, 3.63) is 54.1 Å². The van der Waals surface area contributed by atoms with E-state index in [9.17, 15) is 14.0 Å². The van der Waals surface area contributed by atoms with Crippen molar-refractivity contribution in [1.29, 1.82) is 0 Å². The Morgan fingerprint density at radius 2 is 1.94 bits per heavy atom. The van der Waals surface area contributed by atoms with Crippen LogP contribution in [0.2, 0.25) is 0 Å². The predicted molar refractivity (Wildman–Crippen MR) is 115 cm³/mol. The first-order chi connectivity index (χ1) is 14.7. The van der Waals surface area contributed by atoms with Crippen LogP contribution in [-0.4, -0.2) is 46.7 Å². The van der Waals surface area contributed by atoms with Crippen LogP contribution in [0.3, 0.4) is 0 Å². The van der Waals surface area contributed by atoms with Crippen molar-refractivity contribution < 1.29 is 18.7 Å². The number of halogens is 2. The summed E-state index contributed by atoms with van der Waals surface area (Å²) in [7, 11) is 0. The van der Waals surface area contributed by atoms with Gasteiger partial charge in [0, 0.05) is 36.3 Å². The average molecular weight is 449 g/mol. The number of alkyl halides is 2. The topological polar surface area (TPSA) is 84.4 Å². The molecule has 4 atom stereocenters. The van der Waals surface area contributed by atoms with Gasteiger partial charge in [0.25, 0.3) is 17.4 Å². The molecule has 0 bridgehead atoms. The summed E-state index contributed by atoms with van der Waals surface area (Å²) in [6.45, 7) is 6.45. The molecule has 1 N–H and O–H groups in total. The molecule has 1 aliphatic heterocycles. The highest BCUT2D eigenvalue weighted by Crippen LogP contribution is 2.35. The number of aromatic nitrogens is 2. The molecule has 9 heteroatoms. The number of carbonyl (C=O) groups is 2. The fraction of sp³-hybridized carbons (Fsp3) is 0.455. The molecule has 1 fully saturated rings. The van der Waals surface area contributed by atoms with Gasteiger partial charge >= 0.3 is 0 Å². The van der Waals surface area contributed by atoms with Crippen LogP contribution < -0.4 is 10.2 Å². The third-order valence-corrected chi connectivity index (χ3v) is 5.86. The van der Waals surface area contributed by atoms with Crippen LogP contribution in [0.15, 0.2) is 43.0 Å². The van der Waals surface area contributed by atoms with Crippen LogP contribution in [0.25, 0.3) is 0 Å². The maximum Gasteiger partial charge on any atom is 0.278 e. The molecule has 0 saturated carbocycles. The zero-order chi connectivity index (χ0) is 22.6. The lowest BCUT2D eigenvalue weighted by molar-refractivity contribution is -0.132. The quantitative estimate of drug-likeness (QED) is 0.686. The number of nitrogens with zero attached hydrogens (tertiary/aromatic N) is 3. The van der Waals surface area contributed by atoms with E-state index in [2.05, 4.69) is 15.3 Å². The van der Waals surface area contributed by atoms with Gasteiger partial charge in [-0.3, -0.25) is 14.5 Å². The molecule has 1 aromatic carbocycles. The molecular formula is C22H26ClFN4O3. The molecule has 1 aliphatic rings. The first-order valence-corrected chi connectivity index (χ1v) is 10.5. The van der Waals surface area contributed by atoms with Crippen molar-refractivity contribution in [1.82, 2.24) is 15.3 Å². The lowest BCUT2D eigenvalue weighted by Gasteiger charge is -2.42. The third-order valence-electron chi connectivity index (χ3n) is 5.67. The number of aryl methyl sites for hydroxylation is 1. The summed E-state index contributed by atoms with van der Waals surface area (Å²) in [6.07, 6.45) is 4.83. The maximum atomic E-state index is 14.1. The number of hydrogen-bond acceptors (Lipinski definition) is 5. The molecule has 3 rings (SSSR count). The minimum Gasteiger partial charge on any atom is -0.381 e. The van der Waals surface area contributed by atoms with Gasteiger partial charge in [-0.1, -0.05) is 36.2 Å². The Labute approximate surface area is 186 Å². The molecule has 0 unspecified atom stereocenters. The number of anilines is 1. The van der Waals surface area contributed by atoms with Gasteiger partial charge in [-0.25, -0.2) is 14.4 Å². The van der Waals surface area contributed by atoms with Crippen LogP contribution in [-0.2, 0) is 19.9 Å². The number of hydrogen-bond donors (Lipinski definition) is 1. The van der Waals surface area contributed by atoms with Crippen molar-refractivity contribution in [2.45, 2.75) is 44.4 Å². The fourth-order valence-corrected chi connectivity index (χ4v) is 3.81. The molecule has 0 radical (unpaired) electrons. The molecule has 2 amide bonds. The SMILES string of the molecule is Cc1ccc(N(C(=O)[C@H](F)Cl)[C@@](C)(C(=O)N[C@H]2CCOC[C@@H]2C)c2cncnc2)cc1. The maximum absolute atomic E-state index is 14.1. The molecule has 1 saturated heterocycles. The van der Waals surface area contributed by atoms with Gasteiger partial charge in [0.2, 0.25) is 0 Å². The van der Waals surface area contributed by atoms with E-state index >= 15 is 0 Å². The van der Waals surface area contributed by atoms with Crippen LogP contribution in [0.4, 0.5) is 10.1 Å². The van der Waals surface area contributed by atoms with Crippen molar-refractivity contribution in [3.8, 4) is 0 Å². The number of carbonyl (C=O) groups excluding carboxylic acids is 2. The highest BCUT2D eigenvalue weighted by atomic mass is 35.5. The van der Waals surface area contributed by atoms with Crippen molar-refractivity contribution in [2.24, 2.45) is 5.92 Å². The monoisotopic (exact) mass is 448 g/mol. The Balaban J connectivity index is 2.11. The number of amides is 2. The van der Waals surface area contributed by atoms with E-state index in [1.807, 2.05) is 13.8 Å². The van der Waals surface area contributed by atoms with E-state index in [0.29, 0.717) is 30.9 Å². The zero-order valence-corrected chi connectivity index (χ0v) is 18.5. The summed E-state index contributed by atoms with van der Waals surface area (Å²) in [5.41, 5.74) is -2.37. The number of rotatable bonds is 6. The molecule has 166 valence electrons. The van der Waals surface area contributed by atoms with Gasteiger partial charge in [0.1, 0.15) is 6.33 Å². The molecule has 31 heavy (non-hydrogen) atoms. The van der Waals surface area contributed by atoms with Gasteiger partial charge in [-0.05, 0) is 38.3 Å². The van der Waals surface area contributed by atoms with Crippen LogP contribution >= 0.6 is 11.6 Å². The summed E-state index contributed by atoms with van der Waals surface area (Å²) in [6, 6.07) is 6.70. The van der Waals surface area contributed by atoms with E-state index in [4.69, 9.17) is 16.3 Å². The smallest absolute Gasteiger partial charge is 0.278 e. The van der Waals surface area contributed by atoms with Crippen LogP contribution in [0, 0.1) is 12.8 Å². The van der Waals surface area contributed by atoms with E-state index in [-0.39, 0.29) is 12.0 Å². The second-order valence-electron chi connectivity index (χ2n) is 7.93. The zero-order valence-electron chi connectivity index (χ0n) is 17.7. The minimum absolute atomic E-state index is 0.0828. The number of nitrogens with one attached hydrogen (secondary N) is 1. The number of ether oxygens (including phenoxy) is 1. The summed E-state index contributed by atoms with van der Waals surface area (Å²) in [4.78, 5) is 35.8.